The van der Waals surface area contributed by atoms with Crippen LogP contribution in [0.1, 0.15) is 24.2 Å². The number of benzene rings is 2. The summed E-state index contributed by atoms with van der Waals surface area (Å²) < 4.78 is 7.77. The van der Waals surface area contributed by atoms with Crippen molar-refractivity contribution in [1.82, 2.24) is 9.47 Å². The molecule has 1 N–H and O–H groups in total. The number of amides is 2. The zero-order chi connectivity index (χ0) is 18.6. The highest BCUT2D eigenvalue weighted by Gasteiger charge is 2.32. The van der Waals surface area contributed by atoms with Gasteiger partial charge in [-0.15, -0.1) is 0 Å². The van der Waals surface area contributed by atoms with Crippen molar-refractivity contribution in [3.05, 3.63) is 84.2 Å². The molecule has 3 aromatic rings. The molecule has 0 saturated carbocycles. The van der Waals surface area contributed by atoms with Crippen LogP contribution in [0.25, 0.3) is 0 Å². The van der Waals surface area contributed by atoms with Gasteiger partial charge in [-0.25, -0.2) is 4.79 Å². The summed E-state index contributed by atoms with van der Waals surface area (Å²) in [6, 6.07) is 21.5. The number of carbonyl (C=O) groups excluding carboxylic acids is 1. The van der Waals surface area contributed by atoms with Crippen LogP contribution in [0.2, 0.25) is 0 Å². The third kappa shape index (κ3) is 3.53. The Morgan fingerprint density at radius 2 is 1.81 bits per heavy atom. The van der Waals surface area contributed by atoms with E-state index in [-0.39, 0.29) is 12.1 Å². The second-order valence-corrected chi connectivity index (χ2v) is 6.52. The van der Waals surface area contributed by atoms with E-state index >= 15 is 0 Å². The van der Waals surface area contributed by atoms with Crippen molar-refractivity contribution < 1.29 is 9.53 Å². The van der Waals surface area contributed by atoms with Gasteiger partial charge in [0.25, 0.3) is 0 Å². The lowest BCUT2D eigenvalue weighted by molar-refractivity contribution is 0.182. The third-order valence-electron chi connectivity index (χ3n) is 4.83. The SMILES string of the molecule is CCOc1ccc(C2c3cccn3CCN2C(=O)Nc2ccccc2)cc1. The molecule has 0 radical (unpaired) electrons. The lowest BCUT2D eigenvalue weighted by atomic mass is 10.00. The fourth-order valence-electron chi connectivity index (χ4n) is 3.58. The van der Waals surface area contributed by atoms with Crippen molar-refractivity contribution in [3.8, 4) is 5.75 Å². The molecule has 2 heterocycles. The summed E-state index contributed by atoms with van der Waals surface area (Å²) >= 11 is 0. The van der Waals surface area contributed by atoms with Crippen LogP contribution < -0.4 is 10.1 Å². The minimum atomic E-state index is -0.131. The summed E-state index contributed by atoms with van der Waals surface area (Å²) in [5.74, 6) is 0.840. The zero-order valence-corrected chi connectivity index (χ0v) is 15.3. The Bertz CT molecular complexity index is 903. The molecule has 1 unspecified atom stereocenters. The van der Waals surface area contributed by atoms with Gasteiger partial charge < -0.3 is 19.5 Å². The van der Waals surface area contributed by atoms with Crippen LogP contribution in [0.5, 0.6) is 5.75 Å². The summed E-state index contributed by atoms with van der Waals surface area (Å²) in [5, 5.41) is 3.02. The van der Waals surface area contributed by atoms with E-state index < -0.39 is 0 Å². The predicted molar refractivity (Wildman–Crippen MR) is 106 cm³/mol. The first kappa shape index (κ1) is 17.2. The molecule has 1 aliphatic heterocycles. The minimum absolute atomic E-state index is 0.0902. The normalized spacial score (nSPS) is 15.9. The molecule has 0 bridgehead atoms. The monoisotopic (exact) mass is 361 g/mol. The number of ether oxygens (including phenoxy) is 1. The first-order valence-corrected chi connectivity index (χ1v) is 9.26. The number of rotatable bonds is 4. The number of anilines is 1. The zero-order valence-electron chi connectivity index (χ0n) is 15.3. The van der Waals surface area contributed by atoms with Crippen molar-refractivity contribution >= 4 is 11.7 Å². The Hall–Kier alpha value is -3.21. The summed E-state index contributed by atoms with van der Waals surface area (Å²) in [4.78, 5) is 14.9. The highest BCUT2D eigenvalue weighted by atomic mass is 16.5. The second-order valence-electron chi connectivity index (χ2n) is 6.52. The van der Waals surface area contributed by atoms with Crippen LogP contribution in [0.3, 0.4) is 0 Å². The molecule has 5 nitrogen and oxygen atoms in total. The molecule has 0 aliphatic carbocycles. The van der Waals surface area contributed by atoms with Gasteiger partial charge in [-0.05, 0) is 48.9 Å². The summed E-state index contributed by atoms with van der Waals surface area (Å²) in [6.45, 7) is 4.05. The Morgan fingerprint density at radius 1 is 1.04 bits per heavy atom. The molecule has 0 fully saturated rings. The van der Waals surface area contributed by atoms with Gasteiger partial charge >= 0.3 is 6.03 Å². The van der Waals surface area contributed by atoms with Crippen LogP contribution in [0.4, 0.5) is 10.5 Å². The summed E-state index contributed by atoms with van der Waals surface area (Å²) in [7, 11) is 0. The minimum Gasteiger partial charge on any atom is -0.494 e. The summed E-state index contributed by atoms with van der Waals surface area (Å²) in [6.07, 6.45) is 2.07. The van der Waals surface area contributed by atoms with Gasteiger partial charge in [0.05, 0.1) is 12.6 Å². The number of hydrogen-bond donors (Lipinski definition) is 1. The van der Waals surface area contributed by atoms with Crippen molar-refractivity contribution in [2.45, 2.75) is 19.5 Å². The predicted octanol–water partition coefficient (Wildman–Crippen LogP) is 4.52. The lowest BCUT2D eigenvalue weighted by Crippen LogP contribution is -2.44. The fraction of sp³-hybridized carbons (Fsp3) is 0.227. The Kier molecular flexibility index (Phi) is 4.83. The maximum Gasteiger partial charge on any atom is 0.322 e. The molecule has 1 aromatic heterocycles. The molecule has 27 heavy (non-hydrogen) atoms. The van der Waals surface area contributed by atoms with Crippen molar-refractivity contribution in [3.63, 3.8) is 0 Å². The highest BCUT2D eigenvalue weighted by molar-refractivity contribution is 5.90. The Morgan fingerprint density at radius 3 is 2.56 bits per heavy atom. The molecule has 138 valence electrons. The average molecular weight is 361 g/mol. The quantitative estimate of drug-likeness (QED) is 0.742. The molecule has 1 atom stereocenters. The topological polar surface area (TPSA) is 46.5 Å². The van der Waals surface area contributed by atoms with Crippen LogP contribution in [-0.4, -0.2) is 28.6 Å². The molecular formula is C22H23N3O2. The van der Waals surface area contributed by atoms with E-state index in [2.05, 4.69) is 22.1 Å². The molecule has 0 spiro atoms. The second kappa shape index (κ2) is 7.58. The van der Waals surface area contributed by atoms with E-state index in [0.29, 0.717) is 13.2 Å². The number of aromatic nitrogens is 1. The van der Waals surface area contributed by atoms with Crippen LogP contribution in [-0.2, 0) is 6.54 Å². The van der Waals surface area contributed by atoms with Gasteiger partial charge in [0.1, 0.15) is 5.75 Å². The number of carbonyl (C=O) groups is 1. The number of para-hydroxylation sites is 1. The van der Waals surface area contributed by atoms with E-state index in [1.807, 2.05) is 72.5 Å². The number of urea groups is 1. The lowest BCUT2D eigenvalue weighted by Gasteiger charge is -2.37. The molecule has 2 amide bonds. The van der Waals surface area contributed by atoms with Crippen LogP contribution in [0, 0.1) is 0 Å². The van der Waals surface area contributed by atoms with Crippen molar-refractivity contribution in [1.29, 1.82) is 0 Å². The van der Waals surface area contributed by atoms with Gasteiger partial charge in [0.15, 0.2) is 0 Å². The van der Waals surface area contributed by atoms with Gasteiger partial charge in [0, 0.05) is 30.7 Å². The van der Waals surface area contributed by atoms with Crippen molar-refractivity contribution in [2.24, 2.45) is 0 Å². The molecule has 5 heteroatoms. The van der Waals surface area contributed by atoms with E-state index in [0.717, 1.165) is 29.2 Å². The molecular weight excluding hydrogens is 338 g/mol. The van der Waals surface area contributed by atoms with E-state index in [4.69, 9.17) is 4.74 Å². The Labute approximate surface area is 159 Å². The standard InChI is InChI=1S/C22H23N3O2/c1-2-27-19-12-10-17(11-13-19)21-20-9-6-14-24(20)15-16-25(21)22(26)23-18-7-4-3-5-8-18/h3-14,21H,2,15-16H2,1H3,(H,23,26). The number of fused-ring (bicyclic) bond motifs is 1. The van der Waals surface area contributed by atoms with E-state index in [1.165, 1.54) is 0 Å². The smallest absolute Gasteiger partial charge is 0.322 e. The molecule has 0 saturated heterocycles. The van der Waals surface area contributed by atoms with Gasteiger partial charge in [-0.3, -0.25) is 0 Å². The van der Waals surface area contributed by atoms with Crippen LogP contribution in [0.15, 0.2) is 72.9 Å². The number of nitrogens with zero attached hydrogens (tertiary/aromatic N) is 2. The summed E-state index contributed by atoms with van der Waals surface area (Å²) in [5.41, 5.74) is 2.99. The van der Waals surface area contributed by atoms with Crippen LogP contribution >= 0.6 is 0 Å². The number of hydrogen-bond acceptors (Lipinski definition) is 2. The highest BCUT2D eigenvalue weighted by Crippen LogP contribution is 2.33. The third-order valence-corrected chi connectivity index (χ3v) is 4.83. The van der Waals surface area contributed by atoms with Gasteiger partial charge in [0.2, 0.25) is 0 Å². The van der Waals surface area contributed by atoms with Crippen molar-refractivity contribution in [2.75, 3.05) is 18.5 Å². The van der Waals surface area contributed by atoms with Gasteiger partial charge in [-0.1, -0.05) is 30.3 Å². The largest absolute Gasteiger partial charge is 0.494 e. The fourth-order valence-corrected chi connectivity index (χ4v) is 3.58. The maximum atomic E-state index is 13.0. The molecule has 1 aliphatic rings. The first-order chi connectivity index (χ1) is 13.3. The average Bonchev–Trinajstić information content (AvgIpc) is 3.18. The molecule has 2 aromatic carbocycles. The molecule has 4 rings (SSSR count). The van der Waals surface area contributed by atoms with Gasteiger partial charge in [-0.2, -0.15) is 0 Å². The maximum absolute atomic E-state index is 13.0. The van der Waals surface area contributed by atoms with E-state index in [9.17, 15) is 4.79 Å². The first-order valence-electron chi connectivity index (χ1n) is 9.26. The van der Waals surface area contributed by atoms with E-state index in [1.54, 1.807) is 0 Å². The Balaban J connectivity index is 1.64. The number of nitrogens with one attached hydrogen (secondary N) is 1.